The molecule has 0 spiro atoms. The molecule has 0 aliphatic carbocycles. The van der Waals surface area contributed by atoms with Crippen LogP contribution in [0.3, 0.4) is 0 Å². The molecule has 1 aromatic rings. The number of hydrogen-bond acceptors (Lipinski definition) is 4. The summed E-state index contributed by atoms with van der Waals surface area (Å²) in [6.45, 7) is 2.23. The van der Waals surface area contributed by atoms with Gasteiger partial charge in [-0.05, 0) is 6.92 Å². The first kappa shape index (κ1) is 11.7. The van der Waals surface area contributed by atoms with E-state index in [4.69, 9.17) is 10.6 Å². The SMILES string of the molecule is CCOC(=O)Cn1c[n+](N)cn1.[Cl-]. The fourth-order valence-corrected chi connectivity index (χ4v) is 0.760. The number of esters is 1. The van der Waals surface area contributed by atoms with Crippen molar-refractivity contribution >= 4 is 5.97 Å². The van der Waals surface area contributed by atoms with Crippen molar-refractivity contribution in [2.75, 3.05) is 12.4 Å². The third-order valence-corrected chi connectivity index (χ3v) is 1.20. The van der Waals surface area contributed by atoms with Crippen LogP contribution in [0.15, 0.2) is 12.7 Å². The number of carbonyl (C=O) groups excluding carboxylic acids is 1. The molecule has 2 N–H and O–H groups in total. The van der Waals surface area contributed by atoms with Gasteiger partial charge < -0.3 is 17.1 Å². The minimum absolute atomic E-state index is 0. The molecule has 0 unspecified atom stereocenters. The zero-order valence-electron chi connectivity index (χ0n) is 7.18. The molecular weight excluding hydrogens is 196 g/mol. The highest BCUT2D eigenvalue weighted by atomic mass is 35.5. The molecule has 0 amide bonds. The summed E-state index contributed by atoms with van der Waals surface area (Å²) in [5, 5.41) is 3.79. The van der Waals surface area contributed by atoms with Gasteiger partial charge in [-0.25, -0.2) is 4.79 Å². The third-order valence-electron chi connectivity index (χ3n) is 1.20. The van der Waals surface area contributed by atoms with E-state index in [0.29, 0.717) is 6.61 Å². The number of nitrogens with two attached hydrogens (primary N) is 1. The Morgan fingerprint density at radius 1 is 1.77 bits per heavy atom. The number of carbonyl (C=O) groups is 1. The number of aromatic nitrogens is 3. The lowest BCUT2D eigenvalue weighted by Gasteiger charge is -1.95. The molecule has 0 bridgehead atoms. The molecule has 0 aliphatic heterocycles. The van der Waals surface area contributed by atoms with Crippen LogP contribution in [-0.4, -0.2) is 22.4 Å². The summed E-state index contributed by atoms with van der Waals surface area (Å²) in [6, 6.07) is 0. The van der Waals surface area contributed by atoms with Crippen LogP contribution in [-0.2, 0) is 16.1 Å². The van der Waals surface area contributed by atoms with Crippen LogP contribution in [0.1, 0.15) is 6.92 Å². The molecular formula is C6H11ClN4O2. The molecule has 0 saturated carbocycles. The van der Waals surface area contributed by atoms with Gasteiger partial charge in [-0.1, -0.05) is 0 Å². The maximum atomic E-state index is 10.9. The molecule has 0 aliphatic rings. The lowest BCUT2D eigenvalue weighted by Crippen LogP contribution is -3.00. The van der Waals surface area contributed by atoms with Crippen molar-refractivity contribution in [2.45, 2.75) is 13.5 Å². The smallest absolute Gasteiger partial charge is 0.344 e. The maximum absolute atomic E-state index is 10.9. The van der Waals surface area contributed by atoms with Crippen molar-refractivity contribution in [3.05, 3.63) is 12.7 Å². The molecule has 1 heterocycles. The van der Waals surface area contributed by atoms with Crippen molar-refractivity contribution in [3.8, 4) is 0 Å². The van der Waals surface area contributed by atoms with Gasteiger partial charge in [0, 0.05) is 5.10 Å². The quantitative estimate of drug-likeness (QED) is 0.307. The van der Waals surface area contributed by atoms with Crippen LogP contribution in [0.2, 0.25) is 0 Å². The van der Waals surface area contributed by atoms with Crippen molar-refractivity contribution in [3.63, 3.8) is 0 Å². The van der Waals surface area contributed by atoms with E-state index in [2.05, 4.69) is 5.10 Å². The number of ether oxygens (including phenoxy) is 1. The summed E-state index contributed by atoms with van der Waals surface area (Å²) in [6.07, 6.45) is 2.90. The summed E-state index contributed by atoms with van der Waals surface area (Å²) in [5.41, 5.74) is 0. The van der Waals surface area contributed by atoms with Crippen molar-refractivity contribution < 1.29 is 26.6 Å². The average Bonchev–Trinajstić information content (AvgIpc) is 2.36. The van der Waals surface area contributed by atoms with Crippen LogP contribution in [0.5, 0.6) is 0 Å². The Morgan fingerprint density at radius 3 is 2.92 bits per heavy atom. The molecule has 0 fully saturated rings. The number of hydrogen-bond donors (Lipinski definition) is 1. The van der Waals surface area contributed by atoms with Crippen LogP contribution in [0, 0.1) is 0 Å². The monoisotopic (exact) mass is 206 g/mol. The minimum atomic E-state index is -0.318. The van der Waals surface area contributed by atoms with Crippen molar-refractivity contribution in [2.24, 2.45) is 0 Å². The van der Waals surface area contributed by atoms with Crippen LogP contribution in [0.25, 0.3) is 0 Å². The van der Waals surface area contributed by atoms with Gasteiger partial charge >= 0.3 is 5.97 Å². The highest BCUT2D eigenvalue weighted by molar-refractivity contribution is 5.68. The topological polar surface area (TPSA) is 74.0 Å². The Morgan fingerprint density at radius 2 is 2.46 bits per heavy atom. The van der Waals surface area contributed by atoms with E-state index in [-0.39, 0.29) is 24.9 Å². The summed E-state index contributed by atoms with van der Waals surface area (Å²) in [7, 11) is 0. The Bertz CT molecular complexity index is 275. The molecule has 7 heteroatoms. The molecule has 13 heavy (non-hydrogen) atoms. The van der Waals surface area contributed by atoms with E-state index in [9.17, 15) is 4.79 Å². The molecule has 1 aromatic heterocycles. The Balaban J connectivity index is 0.00000144. The Labute approximate surface area is 81.7 Å². The van der Waals surface area contributed by atoms with Crippen molar-refractivity contribution in [1.82, 2.24) is 9.78 Å². The fraction of sp³-hybridized carbons (Fsp3) is 0.500. The van der Waals surface area contributed by atoms with Crippen molar-refractivity contribution in [1.29, 1.82) is 0 Å². The molecule has 1 rings (SSSR count). The minimum Gasteiger partial charge on any atom is -1.00 e. The molecule has 0 radical (unpaired) electrons. The first-order valence-corrected chi connectivity index (χ1v) is 3.56. The van der Waals surface area contributed by atoms with Gasteiger partial charge in [-0.3, -0.25) is 5.84 Å². The van der Waals surface area contributed by atoms with Gasteiger partial charge in [0.1, 0.15) is 0 Å². The predicted molar refractivity (Wildman–Crippen MR) is 39.2 cm³/mol. The van der Waals surface area contributed by atoms with Gasteiger partial charge in [0.2, 0.25) is 12.9 Å². The second-order valence-electron chi connectivity index (χ2n) is 2.20. The number of nitrogen functional groups attached to an aromatic ring is 1. The first-order valence-electron chi connectivity index (χ1n) is 3.56. The zero-order chi connectivity index (χ0) is 8.97. The molecule has 74 valence electrons. The molecule has 0 atom stereocenters. The second kappa shape index (κ2) is 5.36. The van der Waals surface area contributed by atoms with E-state index >= 15 is 0 Å². The van der Waals surface area contributed by atoms with Gasteiger partial charge in [-0.15, -0.1) is 9.36 Å². The van der Waals surface area contributed by atoms with Gasteiger partial charge in [0.15, 0.2) is 0 Å². The van der Waals surface area contributed by atoms with Gasteiger partial charge in [-0.2, -0.15) is 0 Å². The van der Waals surface area contributed by atoms with Crippen LogP contribution in [0.4, 0.5) is 0 Å². The summed E-state index contributed by atoms with van der Waals surface area (Å²) in [4.78, 5) is 10.9. The summed E-state index contributed by atoms with van der Waals surface area (Å²) in [5.74, 6) is 4.99. The maximum Gasteiger partial charge on any atom is 0.344 e. The van der Waals surface area contributed by atoms with Crippen LogP contribution >= 0.6 is 0 Å². The van der Waals surface area contributed by atoms with E-state index in [1.54, 1.807) is 6.92 Å². The van der Waals surface area contributed by atoms with Crippen LogP contribution < -0.4 is 22.9 Å². The van der Waals surface area contributed by atoms with E-state index in [1.807, 2.05) is 0 Å². The Hall–Kier alpha value is -1.30. The van der Waals surface area contributed by atoms with Gasteiger partial charge in [0.25, 0.3) is 6.33 Å². The second-order valence-corrected chi connectivity index (χ2v) is 2.20. The standard InChI is InChI=1S/C6H11N4O2.ClH/c1-2-12-6(11)3-10-5-9(7)4-8-10;/h4-5H,2-3,7H2,1H3;1H/q+1;/p-1. The fourth-order valence-electron chi connectivity index (χ4n) is 0.760. The first-order chi connectivity index (χ1) is 5.72. The zero-order valence-corrected chi connectivity index (χ0v) is 7.94. The lowest BCUT2D eigenvalue weighted by molar-refractivity contribution is -0.639. The largest absolute Gasteiger partial charge is 1.00 e. The highest BCUT2D eigenvalue weighted by Gasteiger charge is 2.09. The number of nitrogens with zero attached hydrogens (tertiary/aromatic N) is 3. The number of rotatable bonds is 3. The summed E-state index contributed by atoms with van der Waals surface area (Å²) < 4.78 is 7.37. The third kappa shape index (κ3) is 3.75. The van der Waals surface area contributed by atoms with Gasteiger partial charge in [0.05, 0.1) is 6.61 Å². The van der Waals surface area contributed by atoms with E-state index in [0.717, 1.165) is 0 Å². The lowest BCUT2D eigenvalue weighted by atomic mass is 10.6. The van der Waals surface area contributed by atoms with E-state index < -0.39 is 0 Å². The highest BCUT2D eigenvalue weighted by Crippen LogP contribution is 1.82. The normalized spacial score (nSPS) is 9.00. The number of halogens is 1. The molecule has 6 nitrogen and oxygen atoms in total. The molecule has 0 aromatic carbocycles. The molecule has 0 saturated heterocycles. The Kier molecular flexibility index (Phi) is 4.83. The van der Waals surface area contributed by atoms with E-state index in [1.165, 1.54) is 22.0 Å². The summed E-state index contributed by atoms with van der Waals surface area (Å²) >= 11 is 0. The average molecular weight is 207 g/mol. The predicted octanol–water partition coefficient (Wildman–Crippen LogP) is -4.55.